The maximum absolute atomic E-state index is 11.4. The van der Waals surface area contributed by atoms with Gasteiger partial charge in [0.05, 0.1) is 5.92 Å². The standard InChI is InChI=1S/C10H16N2O2/c1-10(2,3)14-9(13)12-6-8(7-12)5-11-4/h8H,5-7H2,1-3H3. The molecule has 14 heavy (non-hydrogen) atoms. The minimum Gasteiger partial charge on any atom is -0.444 e. The lowest BCUT2D eigenvalue weighted by Gasteiger charge is -2.37. The summed E-state index contributed by atoms with van der Waals surface area (Å²) in [4.78, 5) is 16.4. The molecular formula is C10H16N2O2. The van der Waals surface area contributed by atoms with Gasteiger partial charge in [0, 0.05) is 13.1 Å². The van der Waals surface area contributed by atoms with E-state index in [1.54, 1.807) is 4.90 Å². The van der Waals surface area contributed by atoms with Gasteiger partial charge in [-0.2, -0.15) is 0 Å². The Bertz CT molecular complexity index is 256. The van der Waals surface area contributed by atoms with Gasteiger partial charge in [0.15, 0.2) is 0 Å². The van der Waals surface area contributed by atoms with Gasteiger partial charge in [-0.1, -0.05) is 0 Å². The van der Waals surface area contributed by atoms with Crippen molar-refractivity contribution in [3.05, 3.63) is 11.4 Å². The number of nitrogens with zero attached hydrogens (tertiary/aromatic N) is 2. The van der Waals surface area contributed by atoms with Crippen LogP contribution in [0.3, 0.4) is 0 Å². The van der Waals surface area contributed by atoms with Crippen LogP contribution < -0.4 is 0 Å². The van der Waals surface area contributed by atoms with E-state index in [2.05, 4.69) is 4.85 Å². The molecule has 1 saturated heterocycles. The molecule has 0 radical (unpaired) electrons. The highest BCUT2D eigenvalue weighted by Gasteiger charge is 2.35. The molecule has 0 aromatic carbocycles. The summed E-state index contributed by atoms with van der Waals surface area (Å²) in [6.45, 7) is 14.1. The van der Waals surface area contributed by atoms with Crippen LogP contribution in [-0.2, 0) is 4.74 Å². The fourth-order valence-corrected chi connectivity index (χ4v) is 1.29. The fraction of sp³-hybridized carbons (Fsp3) is 0.800. The van der Waals surface area contributed by atoms with Crippen LogP contribution in [0, 0.1) is 12.5 Å². The van der Waals surface area contributed by atoms with E-state index in [-0.39, 0.29) is 6.09 Å². The molecule has 0 atom stereocenters. The first-order valence-corrected chi connectivity index (χ1v) is 4.73. The van der Waals surface area contributed by atoms with E-state index < -0.39 is 5.60 Å². The number of carbonyl (C=O) groups is 1. The number of ether oxygens (including phenoxy) is 1. The maximum atomic E-state index is 11.4. The molecule has 1 fully saturated rings. The lowest BCUT2D eigenvalue weighted by molar-refractivity contribution is 0.00122. The number of rotatable bonds is 1. The first-order valence-electron chi connectivity index (χ1n) is 4.73. The zero-order valence-electron chi connectivity index (χ0n) is 8.91. The predicted molar refractivity (Wildman–Crippen MR) is 52.8 cm³/mol. The van der Waals surface area contributed by atoms with Crippen molar-refractivity contribution < 1.29 is 9.53 Å². The Morgan fingerprint density at radius 1 is 1.57 bits per heavy atom. The molecule has 1 aliphatic heterocycles. The number of carbonyl (C=O) groups excluding carboxylic acids is 1. The smallest absolute Gasteiger partial charge is 0.410 e. The van der Waals surface area contributed by atoms with Gasteiger partial charge in [0.2, 0.25) is 6.54 Å². The molecular weight excluding hydrogens is 180 g/mol. The second-order valence-corrected chi connectivity index (χ2v) is 4.59. The summed E-state index contributed by atoms with van der Waals surface area (Å²) < 4.78 is 5.18. The maximum Gasteiger partial charge on any atom is 0.410 e. The molecule has 4 nitrogen and oxygen atoms in total. The molecule has 0 aliphatic carbocycles. The average Bonchev–Trinajstić information content (AvgIpc) is 1.91. The number of hydrogen-bond acceptors (Lipinski definition) is 2. The van der Waals surface area contributed by atoms with Gasteiger partial charge in [-0.15, -0.1) is 0 Å². The van der Waals surface area contributed by atoms with Gasteiger partial charge in [-0.25, -0.2) is 11.4 Å². The Hall–Kier alpha value is -1.24. The third-order valence-electron chi connectivity index (χ3n) is 1.96. The zero-order chi connectivity index (χ0) is 10.8. The van der Waals surface area contributed by atoms with Crippen LogP contribution in [0.1, 0.15) is 20.8 Å². The van der Waals surface area contributed by atoms with E-state index in [9.17, 15) is 4.79 Å². The third-order valence-corrected chi connectivity index (χ3v) is 1.96. The summed E-state index contributed by atoms with van der Waals surface area (Å²) in [5, 5.41) is 0. The third kappa shape index (κ3) is 2.91. The highest BCUT2D eigenvalue weighted by molar-refractivity contribution is 5.69. The van der Waals surface area contributed by atoms with Gasteiger partial charge in [-0.3, -0.25) is 0 Å². The molecule has 0 saturated carbocycles. The summed E-state index contributed by atoms with van der Waals surface area (Å²) in [6.07, 6.45) is -0.265. The van der Waals surface area contributed by atoms with Crippen molar-refractivity contribution in [1.82, 2.24) is 4.90 Å². The van der Waals surface area contributed by atoms with Crippen molar-refractivity contribution in [2.75, 3.05) is 19.6 Å². The molecule has 0 N–H and O–H groups in total. The van der Waals surface area contributed by atoms with Crippen molar-refractivity contribution in [3.8, 4) is 0 Å². The van der Waals surface area contributed by atoms with Gasteiger partial charge in [0.1, 0.15) is 5.60 Å². The largest absolute Gasteiger partial charge is 0.444 e. The summed E-state index contributed by atoms with van der Waals surface area (Å²) in [6, 6.07) is 0. The highest BCUT2D eigenvalue weighted by Crippen LogP contribution is 2.19. The van der Waals surface area contributed by atoms with Crippen LogP contribution in [0.25, 0.3) is 4.85 Å². The quantitative estimate of drug-likeness (QED) is 0.599. The van der Waals surface area contributed by atoms with E-state index in [4.69, 9.17) is 11.3 Å². The van der Waals surface area contributed by atoms with Crippen molar-refractivity contribution in [3.63, 3.8) is 0 Å². The normalized spacial score (nSPS) is 17.1. The fourth-order valence-electron chi connectivity index (χ4n) is 1.29. The van der Waals surface area contributed by atoms with E-state index in [0.717, 1.165) is 0 Å². The Morgan fingerprint density at radius 2 is 2.14 bits per heavy atom. The van der Waals surface area contributed by atoms with Crippen LogP contribution >= 0.6 is 0 Å². The van der Waals surface area contributed by atoms with Crippen LogP contribution in [0.4, 0.5) is 4.79 Å². The molecule has 1 amide bonds. The van der Waals surface area contributed by atoms with Gasteiger partial charge in [-0.05, 0) is 20.8 Å². The molecule has 1 aliphatic rings. The van der Waals surface area contributed by atoms with Gasteiger partial charge in [0.25, 0.3) is 0 Å². The Balaban J connectivity index is 2.27. The monoisotopic (exact) mass is 196 g/mol. The van der Waals surface area contributed by atoms with Crippen LogP contribution in [0.15, 0.2) is 0 Å². The molecule has 0 aromatic heterocycles. The van der Waals surface area contributed by atoms with Crippen LogP contribution in [0.5, 0.6) is 0 Å². The van der Waals surface area contributed by atoms with E-state index in [1.165, 1.54) is 0 Å². The Morgan fingerprint density at radius 3 is 2.57 bits per heavy atom. The lowest BCUT2D eigenvalue weighted by atomic mass is 10.0. The van der Waals surface area contributed by atoms with Crippen LogP contribution in [0.2, 0.25) is 0 Å². The zero-order valence-corrected chi connectivity index (χ0v) is 8.91. The van der Waals surface area contributed by atoms with E-state index in [1.807, 2.05) is 20.8 Å². The molecule has 78 valence electrons. The summed E-state index contributed by atoms with van der Waals surface area (Å²) in [5.74, 6) is 0.347. The van der Waals surface area contributed by atoms with Crippen molar-refractivity contribution in [1.29, 1.82) is 0 Å². The van der Waals surface area contributed by atoms with Gasteiger partial charge >= 0.3 is 6.09 Å². The molecule has 1 rings (SSSR count). The van der Waals surface area contributed by atoms with Gasteiger partial charge < -0.3 is 14.5 Å². The van der Waals surface area contributed by atoms with Crippen molar-refractivity contribution in [2.45, 2.75) is 26.4 Å². The molecule has 1 heterocycles. The molecule has 0 spiro atoms. The molecule has 0 bridgehead atoms. The molecule has 0 unspecified atom stereocenters. The minimum absolute atomic E-state index is 0.265. The SMILES string of the molecule is [C-]#[N+]CC1CN(C(=O)OC(C)(C)C)C1. The first-order chi connectivity index (χ1) is 6.42. The Kier molecular flexibility index (Phi) is 3.00. The number of amides is 1. The summed E-state index contributed by atoms with van der Waals surface area (Å²) in [5.41, 5.74) is -0.429. The van der Waals surface area contributed by atoms with E-state index in [0.29, 0.717) is 25.6 Å². The first kappa shape index (κ1) is 10.8. The highest BCUT2D eigenvalue weighted by atomic mass is 16.6. The minimum atomic E-state index is -0.429. The second kappa shape index (κ2) is 3.87. The Labute approximate surface area is 84.7 Å². The van der Waals surface area contributed by atoms with Crippen molar-refractivity contribution >= 4 is 6.09 Å². The van der Waals surface area contributed by atoms with Crippen molar-refractivity contribution in [2.24, 2.45) is 5.92 Å². The average molecular weight is 196 g/mol. The summed E-state index contributed by atoms with van der Waals surface area (Å²) in [7, 11) is 0. The number of hydrogen-bond donors (Lipinski definition) is 0. The van der Waals surface area contributed by atoms with Crippen LogP contribution in [-0.4, -0.2) is 36.2 Å². The molecule has 0 aromatic rings. The molecule has 4 heteroatoms. The lowest BCUT2D eigenvalue weighted by Crippen LogP contribution is -2.52. The second-order valence-electron chi connectivity index (χ2n) is 4.59. The summed E-state index contributed by atoms with van der Waals surface area (Å²) >= 11 is 0. The van der Waals surface area contributed by atoms with E-state index >= 15 is 0 Å². The number of likely N-dealkylation sites (tertiary alicyclic amines) is 1. The predicted octanol–water partition coefficient (Wildman–Crippen LogP) is 1.77. The topological polar surface area (TPSA) is 33.9 Å².